The Balaban J connectivity index is 1.90. The first kappa shape index (κ1) is 11.7. The Morgan fingerprint density at radius 2 is 2.37 bits per heavy atom. The number of aryl methyl sites for hydroxylation is 1. The Bertz CT molecular complexity index is 613. The fourth-order valence-electron chi connectivity index (χ4n) is 2.01. The van der Waals surface area contributed by atoms with Crippen molar-refractivity contribution in [2.75, 3.05) is 7.11 Å². The molecule has 1 aromatic heterocycles. The topological polar surface area (TPSA) is 71.8 Å². The van der Waals surface area contributed by atoms with Crippen LogP contribution in [0.25, 0.3) is 5.70 Å². The third kappa shape index (κ3) is 1.93. The minimum absolute atomic E-state index is 0.416. The van der Waals surface area contributed by atoms with E-state index in [1.54, 1.807) is 15.9 Å². The van der Waals surface area contributed by atoms with Crippen molar-refractivity contribution in [3.63, 3.8) is 0 Å². The van der Waals surface area contributed by atoms with E-state index < -0.39 is 12.1 Å². The second-order valence-corrected chi connectivity index (χ2v) is 4.19. The molecule has 7 nitrogen and oxygen atoms in total. The van der Waals surface area contributed by atoms with E-state index >= 15 is 0 Å². The number of hydrazine groups is 1. The fourth-order valence-corrected chi connectivity index (χ4v) is 2.01. The molecule has 0 saturated carbocycles. The number of aliphatic imine (C=N–C) groups is 1. The zero-order chi connectivity index (χ0) is 13.4. The highest BCUT2D eigenvalue weighted by Crippen LogP contribution is 2.24. The number of nitrogens with zero attached hydrogens (tertiary/aromatic N) is 4. The predicted octanol–water partition coefficient (Wildman–Crippen LogP) is 0.0486. The van der Waals surface area contributed by atoms with E-state index in [0.717, 1.165) is 11.3 Å². The van der Waals surface area contributed by atoms with E-state index in [1.807, 2.05) is 31.5 Å². The lowest BCUT2D eigenvalue weighted by molar-refractivity contribution is -0.143. The Labute approximate surface area is 109 Å². The molecule has 0 spiro atoms. The Kier molecular flexibility index (Phi) is 2.68. The summed E-state index contributed by atoms with van der Waals surface area (Å²) in [5.74, 6) is 0.262. The van der Waals surface area contributed by atoms with Crippen LogP contribution in [-0.4, -0.2) is 39.9 Å². The number of aromatic nitrogens is 2. The second kappa shape index (κ2) is 4.36. The summed E-state index contributed by atoms with van der Waals surface area (Å²) >= 11 is 0. The third-order valence-corrected chi connectivity index (χ3v) is 2.91. The van der Waals surface area contributed by atoms with E-state index in [2.05, 4.69) is 15.5 Å². The number of esters is 1. The lowest BCUT2D eigenvalue weighted by atomic mass is 10.2. The number of hydrogen-bond donors (Lipinski definition) is 1. The molecule has 0 bridgehead atoms. The van der Waals surface area contributed by atoms with Gasteiger partial charge in [-0.05, 0) is 12.2 Å². The van der Waals surface area contributed by atoms with Crippen molar-refractivity contribution in [1.82, 2.24) is 20.2 Å². The molecular formula is C12H13N5O2. The van der Waals surface area contributed by atoms with Gasteiger partial charge in [0.15, 0.2) is 0 Å². The summed E-state index contributed by atoms with van der Waals surface area (Å²) in [7, 11) is 3.20. The Hall–Kier alpha value is -2.41. The molecule has 0 radical (unpaired) electrons. The van der Waals surface area contributed by atoms with Crippen molar-refractivity contribution in [3.8, 4) is 0 Å². The van der Waals surface area contributed by atoms with Crippen LogP contribution in [-0.2, 0) is 16.6 Å². The van der Waals surface area contributed by atoms with Gasteiger partial charge in [0.2, 0.25) is 6.17 Å². The maximum Gasteiger partial charge on any atom is 0.347 e. The molecule has 7 heteroatoms. The van der Waals surface area contributed by atoms with Gasteiger partial charge in [-0.1, -0.05) is 6.08 Å². The number of fused-ring (bicyclic) bond motifs is 1. The summed E-state index contributed by atoms with van der Waals surface area (Å²) in [5, 5.41) is 5.90. The average molecular weight is 259 g/mol. The lowest BCUT2D eigenvalue weighted by Gasteiger charge is -2.24. The van der Waals surface area contributed by atoms with Gasteiger partial charge in [0.1, 0.15) is 5.84 Å². The molecule has 19 heavy (non-hydrogen) atoms. The summed E-state index contributed by atoms with van der Waals surface area (Å²) in [6, 6.07) is 0. The molecule has 0 saturated heterocycles. The van der Waals surface area contributed by atoms with Crippen LogP contribution in [0.5, 0.6) is 0 Å². The van der Waals surface area contributed by atoms with E-state index in [1.165, 1.54) is 7.11 Å². The second-order valence-electron chi connectivity index (χ2n) is 4.19. The monoisotopic (exact) mass is 259 g/mol. The first-order valence-electron chi connectivity index (χ1n) is 5.78. The summed E-state index contributed by atoms with van der Waals surface area (Å²) in [6.07, 6.45) is 8.60. The van der Waals surface area contributed by atoms with Crippen LogP contribution in [0.3, 0.4) is 0 Å². The highest BCUT2D eigenvalue weighted by atomic mass is 16.5. The van der Waals surface area contributed by atoms with Gasteiger partial charge >= 0.3 is 5.97 Å². The zero-order valence-corrected chi connectivity index (χ0v) is 10.6. The molecule has 0 aromatic carbocycles. The van der Waals surface area contributed by atoms with Crippen LogP contribution in [0, 0.1) is 0 Å². The number of amidine groups is 1. The van der Waals surface area contributed by atoms with Crippen LogP contribution >= 0.6 is 0 Å². The highest BCUT2D eigenvalue weighted by molar-refractivity contribution is 6.03. The quantitative estimate of drug-likeness (QED) is 0.760. The Morgan fingerprint density at radius 3 is 3.05 bits per heavy atom. The molecule has 0 amide bonds. The summed E-state index contributed by atoms with van der Waals surface area (Å²) in [6.45, 7) is 0. The number of allylic oxidation sites excluding steroid dienone is 2. The number of carbonyl (C=O) groups excluding carboxylic acids is 1. The van der Waals surface area contributed by atoms with Crippen LogP contribution in [0.1, 0.15) is 5.56 Å². The van der Waals surface area contributed by atoms with Crippen molar-refractivity contribution < 1.29 is 9.53 Å². The van der Waals surface area contributed by atoms with Gasteiger partial charge in [0.05, 0.1) is 19.0 Å². The maximum atomic E-state index is 11.5. The van der Waals surface area contributed by atoms with Gasteiger partial charge in [-0.15, -0.1) is 0 Å². The van der Waals surface area contributed by atoms with Crippen molar-refractivity contribution in [2.45, 2.75) is 6.17 Å². The summed E-state index contributed by atoms with van der Waals surface area (Å²) < 4.78 is 6.41. The van der Waals surface area contributed by atoms with E-state index in [4.69, 9.17) is 4.74 Å². The van der Waals surface area contributed by atoms with Gasteiger partial charge in [-0.2, -0.15) is 10.5 Å². The Morgan fingerprint density at radius 1 is 1.53 bits per heavy atom. The van der Waals surface area contributed by atoms with E-state index in [-0.39, 0.29) is 0 Å². The molecule has 0 aliphatic carbocycles. The van der Waals surface area contributed by atoms with Gasteiger partial charge in [0, 0.05) is 18.8 Å². The molecule has 1 aromatic rings. The molecule has 98 valence electrons. The van der Waals surface area contributed by atoms with E-state index in [9.17, 15) is 4.79 Å². The molecule has 2 aliphatic rings. The minimum Gasteiger partial charge on any atom is -0.466 e. The van der Waals surface area contributed by atoms with Crippen LogP contribution in [0.15, 0.2) is 35.6 Å². The predicted molar refractivity (Wildman–Crippen MR) is 68.5 cm³/mol. The normalized spacial score (nSPS) is 20.9. The first-order chi connectivity index (χ1) is 9.19. The molecular weight excluding hydrogens is 246 g/mol. The van der Waals surface area contributed by atoms with Crippen LogP contribution in [0.2, 0.25) is 0 Å². The maximum absolute atomic E-state index is 11.5. The highest BCUT2D eigenvalue weighted by Gasteiger charge is 2.32. The van der Waals surface area contributed by atoms with Gasteiger partial charge in [0.25, 0.3) is 0 Å². The number of hydrogen-bond acceptors (Lipinski definition) is 6. The molecule has 0 fully saturated rings. The average Bonchev–Trinajstić information content (AvgIpc) is 3.03. The number of ether oxygens (including phenoxy) is 1. The number of nitrogens with one attached hydrogen (secondary N) is 1. The van der Waals surface area contributed by atoms with Crippen LogP contribution in [0.4, 0.5) is 0 Å². The SMILES string of the molecule is COC(=O)C1N=C2C=CC=C(c3cnn(C)c3)N2N1. The van der Waals surface area contributed by atoms with Gasteiger partial charge in [-0.25, -0.2) is 9.79 Å². The van der Waals surface area contributed by atoms with Gasteiger partial charge < -0.3 is 4.74 Å². The first-order valence-corrected chi connectivity index (χ1v) is 5.78. The van der Waals surface area contributed by atoms with Crippen molar-refractivity contribution in [1.29, 1.82) is 0 Å². The fraction of sp³-hybridized carbons (Fsp3) is 0.250. The summed E-state index contributed by atoms with van der Waals surface area (Å²) in [4.78, 5) is 15.8. The smallest absolute Gasteiger partial charge is 0.347 e. The molecule has 1 unspecified atom stereocenters. The number of carbonyl (C=O) groups is 1. The number of methoxy groups -OCH3 is 1. The molecule has 3 rings (SSSR count). The molecule has 1 atom stereocenters. The molecule has 1 N–H and O–H groups in total. The lowest BCUT2D eigenvalue weighted by Crippen LogP contribution is -2.42. The largest absolute Gasteiger partial charge is 0.466 e. The van der Waals surface area contributed by atoms with Gasteiger partial charge in [-0.3, -0.25) is 9.69 Å². The zero-order valence-electron chi connectivity index (χ0n) is 10.6. The molecule has 3 heterocycles. The van der Waals surface area contributed by atoms with Crippen molar-refractivity contribution >= 4 is 17.5 Å². The molecule has 2 aliphatic heterocycles. The minimum atomic E-state index is -0.706. The van der Waals surface area contributed by atoms with Crippen molar-refractivity contribution in [2.24, 2.45) is 12.0 Å². The number of rotatable bonds is 2. The van der Waals surface area contributed by atoms with Crippen LogP contribution < -0.4 is 5.43 Å². The third-order valence-electron chi connectivity index (χ3n) is 2.91. The van der Waals surface area contributed by atoms with Crippen molar-refractivity contribution in [3.05, 3.63) is 36.2 Å². The van der Waals surface area contributed by atoms with E-state index in [0.29, 0.717) is 5.84 Å². The summed E-state index contributed by atoms with van der Waals surface area (Å²) in [5.41, 5.74) is 4.83. The standard InChI is InChI=1S/C12H13N5O2/c1-16-7-8(6-13-16)9-4-3-5-10-14-11(12(18)19-2)15-17(9)10/h3-7,11,15H,1-2H3.